The van der Waals surface area contributed by atoms with Crippen molar-refractivity contribution < 1.29 is 14.3 Å². The van der Waals surface area contributed by atoms with Gasteiger partial charge in [0.2, 0.25) is 5.95 Å². The van der Waals surface area contributed by atoms with E-state index in [0.717, 1.165) is 23.7 Å². The lowest BCUT2D eigenvalue weighted by atomic mass is 9.86. The summed E-state index contributed by atoms with van der Waals surface area (Å²) in [5.74, 6) is -0.223. The van der Waals surface area contributed by atoms with Gasteiger partial charge in [0.25, 0.3) is 0 Å². The molecule has 1 aromatic rings. The van der Waals surface area contributed by atoms with Crippen LogP contribution in [0.15, 0.2) is 12.4 Å². The third-order valence-electron chi connectivity index (χ3n) is 3.10. The molecule has 21 heavy (non-hydrogen) atoms. The van der Waals surface area contributed by atoms with Crippen LogP contribution in [0.1, 0.15) is 38.7 Å². The summed E-state index contributed by atoms with van der Waals surface area (Å²) in [5.41, 5.74) is 6.32. The average Bonchev–Trinajstić information content (AvgIpc) is 2.44. The second-order valence-corrected chi connectivity index (χ2v) is 5.75. The molecule has 7 heteroatoms. The fourth-order valence-electron chi connectivity index (χ4n) is 2.10. The zero-order chi connectivity index (χ0) is 15.8. The van der Waals surface area contributed by atoms with Crippen LogP contribution in [-0.4, -0.2) is 33.4 Å². The highest BCUT2D eigenvalue weighted by Gasteiger charge is 2.30. The minimum Gasteiger partial charge on any atom is -0.466 e. The summed E-state index contributed by atoms with van der Waals surface area (Å²) in [7, 11) is 0. The molecule has 2 unspecified atom stereocenters. The molecule has 0 aromatic carbocycles. The Balaban J connectivity index is 2.98. The summed E-state index contributed by atoms with van der Waals surface area (Å²) in [4.78, 5) is 31.3. The molecule has 0 spiro atoms. The first-order valence-electron chi connectivity index (χ1n) is 6.86. The first-order chi connectivity index (χ1) is 9.99. The monoisotopic (exact) mass is 311 g/mol. The number of esters is 1. The van der Waals surface area contributed by atoms with Gasteiger partial charge >= 0.3 is 5.97 Å². The second kappa shape index (κ2) is 8.61. The molecule has 2 N–H and O–H groups in total. The van der Waals surface area contributed by atoms with Crippen molar-refractivity contribution in [3.63, 3.8) is 0 Å². The minimum atomic E-state index is -0.406. The molecule has 0 radical (unpaired) electrons. The Morgan fingerprint density at radius 2 is 1.95 bits per heavy atom. The molecule has 0 aliphatic rings. The van der Waals surface area contributed by atoms with Gasteiger partial charge in [-0.05, 0) is 18.9 Å². The number of rotatable bonds is 7. The number of carbonyl (C=O) groups excluding carboxylic acids is 2. The Kier molecular flexibility index (Phi) is 7.14. The SMILES string of the molecule is CCOC(=O)C(CSC(C)=O)C(CC)c1cnc(N)nc1. The molecule has 1 heterocycles. The van der Waals surface area contributed by atoms with E-state index in [9.17, 15) is 9.59 Å². The van der Waals surface area contributed by atoms with Gasteiger partial charge in [-0.25, -0.2) is 9.97 Å². The lowest BCUT2D eigenvalue weighted by Gasteiger charge is -2.24. The van der Waals surface area contributed by atoms with Gasteiger partial charge in [0.05, 0.1) is 12.5 Å². The first kappa shape index (κ1) is 17.4. The predicted octanol–water partition coefficient (Wildman–Crippen LogP) is 2.01. The number of nitrogens with zero attached hydrogens (tertiary/aromatic N) is 2. The van der Waals surface area contributed by atoms with Gasteiger partial charge in [-0.1, -0.05) is 18.7 Å². The molecule has 1 aromatic heterocycles. The quantitative estimate of drug-likeness (QED) is 0.769. The number of hydrogen-bond donors (Lipinski definition) is 1. The van der Waals surface area contributed by atoms with Crippen LogP contribution in [0, 0.1) is 5.92 Å². The molecule has 6 nitrogen and oxygen atoms in total. The van der Waals surface area contributed by atoms with E-state index < -0.39 is 5.92 Å². The highest BCUT2D eigenvalue weighted by Crippen LogP contribution is 2.31. The summed E-state index contributed by atoms with van der Waals surface area (Å²) in [5, 5.41) is -0.0206. The molecule has 0 saturated heterocycles. The minimum absolute atomic E-state index is 0.0206. The van der Waals surface area contributed by atoms with Gasteiger partial charge in [0, 0.05) is 31.0 Å². The van der Waals surface area contributed by atoms with Crippen molar-refractivity contribution in [3.8, 4) is 0 Å². The highest BCUT2D eigenvalue weighted by atomic mass is 32.2. The zero-order valence-electron chi connectivity index (χ0n) is 12.5. The van der Waals surface area contributed by atoms with Crippen molar-refractivity contribution in [2.24, 2.45) is 5.92 Å². The summed E-state index contributed by atoms with van der Waals surface area (Å²) >= 11 is 1.13. The number of thioether (sulfide) groups is 1. The first-order valence-corrected chi connectivity index (χ1v) is 7.85. The van der Waals surface area contributed by atoms with E-state index in [1.807, 2.05) is 6.92 Å². The zero-order valence-corrected chi connectivity index (χ0v) is 13.4. The van der Waals surface area contributed by atoms with Crippen LogP contribution in [0.25, 0.3) is 0 Å². The number of carbonyl (C=O) groups is 2. The maximum absolute atomic E-state index is 12.2. The second-order valence-electron chi connectivity index (χ2n) is 4.55. The number of ether oxygens (including phenoxy) is 1. The Morgan fingerprint density at radius 3 is 2.43 bits per heavy atom. The van der Waals surface area contributed by atoms with Crippen molar-refractivity contribution in [3.05, 3.63) is 18.0 Å². The van der Waals surface area contributed by atoms with Crippen LogP contribution in [0.4, 0.5) is 5.95 Å². The van der Waals surface area contributed by atoms with Crippen molar-refractivity contribution in [1.82, 2.24) is 9.97 Å². The summed E-state index contributed by atoms with van der Waals surface area (Å²) in [6.45, 7) is 5.54. The van der Waals surface area contributed by atoms with Gasteiger partial charge in [-0.2, -0.15) is 0 Å². The summed E-state index contributed by atoms with van der Waals surface area (Å²) in [6, 6.07) is 0. The Hall–Kier alpha value is -1.63. The normalized spacial score (nSPS) is 13.5. The Bertz CT molecular complexity index is 479. The van der Waals surface area contributed by atoms with Crippen molar-refractivity contribution >= 4 is 28.8 Å². The van der Waals surface area contributed by atoms with E-state index in [4.69, 9.17) is 10.5 Å². The summed E-state index contributed by atoms with van der Waals surface area (Å²) < 4.78 is 5.14. The third kappa shape index (κ3) is 5.34. The number of nitrogen functional groups attached to an aromatic ring is 1. The van der Waals surface area contributed by atoms with E-state index >= 15 is 0 Å². The van der Waals surface area contributed by atoms with Crippen LogP contribution < -0.4 is 5.73 Å². The molecule has 2 atom stereocenters. The number of anilines is 1. The van der Waals surface area contributed by atoms with Gasteiger partial charge in [0.1, 0.15) is 0 Å². The number of aromatic nitrogens is 2. The van der Waals surface area contributed by atoms with E-state index in [-0.39, 0.29) is 23.0 Å². The molecule has 116 valence electrons. The lowest BCUT2D eigenvalue weighted by Crippen LogP contribution is -2.27. The van der Waals surface area contributed by atoms with Crippen LogP contribution in [0.5, 0.6) is 0 Å². The smallest absolute Gasteiger partial charge is 0.310 e. The van der Waals surface area contributed by atoms with Crippen molar-refractivity contribution in [2.45, 2.75) is 33.1 Å². The Labute approximate surface area is 128 Å². The van der Waals surface area contributed by atoms with Gasteiger partial charge in [-0.3, -0.25) is 9.59 Å². The fourth-order valence-corrected chi connectivity index (χ4v) is 2.88. The fraction of sp³-hybridized carbons (Fsp3) is 0.571. The number of nitrogens with two attached hydrogens (primary N) is 1. The van der Waals surface area contributed by atoms with Gasteiger partial charge < -0.3 is 10.5 Å². The van der Waals surface area contributed by atoms with E-state index in [1.54, 1.807) is 19.3 Å². The maximum atomic E-state index is 12.2. The topological polar surface area (TPSA) is 95.2 Å². The molecule has 1 rings (SSSR count). The van der Waals surface area contributed by atoms with Crippen LogP contribution in [-0.2, 0) is 14.3 Å². The molecule has 0 aliphatic heterocycles. The highest BCUT2D eigenvalue weighted by molar-refractivity contribution is 8.13. The van der Waals surface area contributed by atoms with E-state index in [2.05, 4.69) is 9.97 Å². The molecular weight excluding hydrogens is 290 g/mol. The average molecular weight is 311 g/mol. The summed E-state index contributed by atoms with van der Waals surface area (Å²) in [6.07, 6.45) is 3.97. The molecule has 0 fully saturated rings. The molecular formula is C14H21N3O3S. The van der Waals surface area contributed by atoms with Crippen LogP contribution in [0.2, 0.25) is 0 Å². The van der Waals surface area contributed by atoms with Crippen molar-refractivity contribution in [2.75, 3.05) is 18.1 Å². The lowest BCUT2D eigenvalue weighted by molar-refractivity contribution is -0.148. The third-order valence-corrected chi connectivity index (χ3v) is 4.03. The molecule has 0 saturated carbocycles. The predicted molar refractivity (Wildman–Crippen MR) is 82.7 cm³/mol. The standard InChI is InChI=1S/C14H21N3O3S/c1-4-11(10-6-16-14(15)17-7-10)12(8-21-9(3)18)13(19)20-5-2/h6-7,11-12H,4-5,8H2,1-3H3,(H2,15,16,17). The Morgan fingerprint density at radius 1 is 1.33 bits per heavy atom. The molecule has 0 bridgehead atoms. The van der Waals surface area contributed by atoms with Crippen LogP contribution >= 0.6 is 11.8 Å². The molecule has 0 aliphatic carbocycles. The largest absolute Gasteiger partial charge is 0.466 e. The number of hydrogen-bond acceptors (Lipinski definition) is 7. The van der Waals surface area contributed by atoms with Crippen molar-refractivity contribution in [1.29, 1.82) is 0 Å². The van der Waals surface area contributed by atoms with E-state index in [1.165, 1.54) is 6.92 Å². The van der Waals surface area contributed by atoms with Gasteiger partial charge in [-0.15, -0.1) is 0 Å². The van der Waals surface area contributed by atoms with Crippen LogP contribution in [0.3, 0.4) is 0 Å². The van der Waals surface area contributed by atoms with E-state index in [0.29, 0.717) is 12.4 Å². The molecule has 0 amide bonds. The maximum Gasteiger partial charge on any atom is 0.310 e. The van der Waals surface area contributed by atoms with Gasteiger partial charge in [0.15, 0.2) is 5.12 Å².